The van der Waals surface area contributed by atoms with Gasteiger partial charge in [0.15, 0.2) is 10.6 Å². The Kier molecular flexibility index (Phi) is 3.20. The first-order valence-corrected chi connectivity index (χ1v) is 6.72. The Bertz CT molecular complexity index is 844. The van der Waals surface area contributed by atoms with Gasteiger partial charge in [-0.25, -0.2) is 9.67 Å². The minimum Gasteiger partial charge on any atom is -0.295 e. The number of pyridine rings is 1. The van der Waals surface area contributed by atoms with E-state index in [2.05, 4.69) is 16.7 Å². The van der Waals surface area contributed by atoms with E-state index < -0.39 is 0 Å². The van der Waals surface area contributed by atoms with Crippen molar-refractivity contribution in [2.45, 2.75) is 6.54 Å². The molecule has 4 nitrogen and oxygen atoms in total. The first-order chi connectivity index (χ1) is 9.70. The molecule has 0 spiro atoms. The average Bonchev–Trinajstić information content (AvgIpc) is 2.75. The van der Waals surface area contributed by atoms with Crippen molar-refractivity contribution in [3.8, 4) is 11.5 Å². The Hall–Kier alpha value is -2.27. The number of allylic oxidation sites excluding steroid dienone is 1. The van der Waals surface area contributed by atoms with E-state index in [4.69, 9.17) is 12.2 Å². The summed E-state index contributed by atoms with van der Waals surface area (Å²) in [4.78, 5) is 4.67. The molecule has 0 aliphatic rings. The monoisotopic (exact) mass is 282 g/mol. The molecule has 100 valence electrons. The maximum Gasteiger partial charge on any atom is 0.198 e. The molecule has 0 bridgehead atoms. The number of hydrogen-bond donors (Lipinski definition) is 0. The molecule has 0 saturated heterocycles. The topological polar surface area (TPSA) is 35.6 Å². The second-order valence-electron chi connectivity index (χ2n) is 4.52. The van der Waals surface area contributed by atoms with Crippen molar-refractivity contribution >= 4 is 23.1 Å². The second-order valence-corrected chi connectivity index (χ2v) is 4.88. The van der Waals surface area contributed by atoms with Gasteiger partial charge in [0.2, 0.25) is 0 Å². The summed E-state index contributed by atoms with van der Waals surface area (Å²) in [5.41, 5.74) is 1.77. The molecule has 1 aromatic carbocycles. The van der Waals surface area contributed by atoms with Crippen LogP contribution in [0, 0.1) is 4.77 Å². The SMILES string of the molecule is C=CCn1c(-c2ccc3ccccc3n2)nn(C)c1=S. The van der Waals surface area contributed by atoms with Gasteiger partial charge in [-0.2, -0.15) is 5.10 Å². The standard InChI is InChI=1S/C15H14N4S/c1-3-10-19-14(17-18(2)15(19)20)13-9-8-11-6-4-5-7-12(11)16-13/h3-9H,1,10H2,2H3. The molecule has 20 heavy (non-hydrogen) atoms. The van der Waals surface area contributed by atoms with E-state index >= 15 is 0 Å². The van der Waals surface area contributed by atoms with Gasteiger partial charge in [-0.05, 0) is 24.4 Å². The fraction of sp³-hybridized carbons (Fsp3) is 0.133. The van der Waals surface area contributed by atoms with Crippen LogP contribution in [-0.2, 0) is 13.6 Å². The summed E-state index contributed by atoms with van der Waals surface area (Å²) in [6, 6.07) is 12.0. The van der Waals surface area contributed by atoms with E-state index in [0.717, 1.165) is 22.4 Å². The van der Waals surface area contributed by atoms with Crippen LogP contribution in [0.3, 0.4) is 0 Å². The molecule has 0 saturated carbocycles. The summed E-state index contributed by atoms with van der Waals surface area (Å²) in [6.07, 6.45) is 1.81. The second kappa shape index (κ2) is 5.02. The Morgan fingerprint density at radius 2 is 2.05 bits per heavy atom. The highest BCUT2D eigenvalue weighted by Gasteiger charge is 2.11. The molecule has 0 aliphatic carbocycles. The van der Waals surface area contributed by atoms with Crippen molar-refractivity contribution in [1.29, 1.82) is 0 Å². The van der Waals surface area contributed by atoms with Crippen molar-refractivity contribution in [2.24, 2.45) is 7.05 Å². The number of para-hydroxylation sites is 1. The van der Waals surface area contributed by atoms with E-state index in [1.54, 1.807) is 4.68 Å². The Morgan fingerprint density at radius 1 is 1.25 bits per heavy atom. The summed E-state index contributed by atoms with van der Waals surface area (Å²) >= 11 is 5.36. The zero-order valence-corrected chi connectivity index (χ0v) is 12.0. The van der Waals surface area contributed by atoms with Gasteiger partial charge in [-0.15, -0.1) is 6.58 Å². The fourth-order valence-corrected chi connectivity index (χ4v) is 2.38. The van der Waals surface area contributed by atoms with E-state index in [9.17, 15) is 0 Å². The maximum absolute atomic E-state index is 5.36. The summed E-state index contributed by atoms with van der Waals surface area (Å²) in [7, 11) is 1.84. The van der Waals surface area contributed by atoms with Crippen molar-refractivity contribution in [3.63, 3.8) is 0 Å². The lowest BCUT2D eigenvalue weighted by Gasteiger charge is -2.04. The van der Waals surface area contributed by atoms with Gasteiger partial charge >= 0.3 is 0 Å². The third kappa shape index (κ3) is 2.06. The molecule has 0 radical (unpaired) electrons. The normalized spacial score (nSPS) is 10.8. The highest BCUT2D eigenvalue weighted by Crippen LogP contribution is 2.20. The van der Waals surface area contributed by atoms with Gasteiger partial charge in [-0.3, -0.25) is 4.57 Å². The lowest BCUT2D eigenvalue weighted by molar-refractivity contribution is 0.728. The summed E-state index contributed by atoms with van der Waals surface area (Å²) in [5.74, 6) is 0.767. The molecule has 0 atom stereocenters. The molecule has 0 N–H and O–H groups in total. The van der Waals surface area contributed by atoms with Crippen LogP contribution in [0.4, 0.5) is 0 Å². The van der Waals surface area contributed by atoms with E-state index in [1.165, 1.54) is 0 Å². The quantitative estimate of drug-likeness (QED) is 0.546. The predicted octanol–water partition coefficient (Wildman–Crippen LogP) is 3.35. The van der Waals surface area contributed by atoms with Gasteiger partial charge in [0.25, 0.3) is 0 Å². The average molecular weight is 282 g/mol. The predicted molar refractivity (Wildman–Crippen MR) is 83.0 cm³/mol. The summed E-state index contributed by atoms with van der Waals surface area (Å²) < 4.78 is 4.28. The highest BCUT2D eigenvalue weighted by atomic mass is 32.1. The largest absolute Gasteiger partial charge is 0.295 e. The van der Waals surface area contributed by atoms with Crippen LogP contribution in [-0.4, -0.2) is 19.3 Å². The van der Waals surface area contributed by atoms with E-state index in [-0.39, 0.29) is 0 Å². The molecule has 3 rings (SSSR count). The van der Waals surface area contributed by atoms with Crippen molar-refractivity contribution in [3.05, 3.63) is 53.8 Å². The number of hydrogen-bond acceptors (Lipinski definition) is 3. The molecular weight excluding hydrogens is 268 g/mol. The fourth-order valence-electron chi connectivity index (χ4n) is 2.18. The van der Waals surface area contributed by atoms with Gasteiger partial charge in [0.05, 0.1) is 5.52 Å². The van der Waals surface area contributed by atoms with Crippen molar-refractivity contribution in [2.75, 3.05) is 0 Å². The van der Waals surface area contributed by atoms with Crippen LogP contribution in [0.15, 0.2) is 49.1 Å². The molecule has 0 fully saturated rings. The zero-order valence-electron chi connectivity index (χ0n) is 11.2. The minimum absolute atomic E-state index is 0.622. The number of aryl methyl sites for hydroxylation is 1. The lowest BCUT2D eigenvalue weighted by atomic mass is 10.2. The van der Waals surface area contributed by atoms with E-state index in [1.807, 2.05) is 54.1 Å². The first kappa shape index (κ1) is 12.7. The number of benzene rings is 1. The van der Waals surface area contributed by atoms with Crippen LogP contribution in [0.1, 0.15) is 0 Å². The zero-order chi connectivity index (χ0) is 14.1. The maximum atomic E-state index is 5.36. The van der Waals surface area contributed by atoms with Gasteiger partial charge in [-0.1, -0.05) is 30.3 Å². The molecule has 2 aromatic heterocycles. The third-order valence-electron chi connectivity index (χ3n) is 3.15. The van der Waals surface area contributed by atoms with Crippen molar-refractivity contribution < 1.29 is 0 Å². The van der Waals surface area contributed by atoms with Gasteiger partial charge in [0.1, 0.15) is 5.69 Å². The van der Waals surface area contributed by atoms with Crippen LogP contribution in [0.25, 0.3) is 22.4 Å². The molecule has 5 heteroatoms. The molecule has 0 unspecified atom stereocenters. The summed E-state index contributed by atoms with van der Waals surface area (Å²) in [6.45, 7) is 4.39. The Morgan fingerprint density at radius 3 is 2.85 bits per heavy atom. The Labute approximate surface area is 122 Å². The van der Waals surface area contributed by atoms with Gasteiger partial charge in [0, 0.05) is 19.0 Å². The highest BCUT2D eigenvalue weighted by molar-refractivity contribution is 7.71. The molecule has 0 aliphatic heterocycles. The lowest BCUT2D eigenvalue weighted by Crippen LogP contribution is -2.00. The number of rotatable bonds is 3. The van der Waals surface area contributed by atoms with Crippen LogP contribution in [0.2, 0.25) is 0 Å². The van der Waals surface area contributed by atoms with Crippen molar-refractivity contribution in [1.82, 2.24) is 19.3 Å². The van der Waals surface area contributed by atoms with Gasteiger partial charge < -0.3 is 0 Å². The molecule has 0 amide bonds. The smallest absolute Gasteiger partial charge is 0.198 e. The number of aromatic nitrogens is 4. The van der Waals surface area contributed by atoms with E-state index in [0.29, 0.717) is 11.3 Å². The third-order valence-corrected chi connectivity index (χ3v) is 3.63. The molecular formula is C15H14N4S. The minimum atomic E-state index is 0.622. The van der Waals surface area contributed by atoms with Crippen LogP contribution in [0.5, 0.6) is 0 Å². The van der Waals surface area contributed by atoms with Crippen LogP contribution >= 0.6 is 12.2 Å². The summed E-state index contributed by atoms with van der Waals surface area (Å²) in [5, 5.41) is 5.58. The molecule has 2 heterocycles. The number of nitrogens with zero attached hydrogens (tertiary/aromatic N) is 4. The molecule has 3 aromatic rings. The Balaban J connectivity index is 2.22. The number of fused-ring (bicyclic) bond motifs is 1. The van der Waals surface area contributed by atoms with Crippen LogP contribution < -0.4 is 0 Å². The first-order valence-electron chi connectivity index (χ1n) is 6.31.